The van der Waals surface area contributed by atoms with Crippen LogP contribution >= 0.6 is 0 Å². The van der Waals surface area contributed by atoms with Crippen molar-refractivity contribution >= 4 is 32.9 Å². The number of phenolic OH excluding ortho intramolecular Hbond substituents is 5. The van der Waals surface area contributed by atoms with Gasteiger partial charge in [-0.15, -0.1) is 0 Å². The van der Waals surface area contributed by atoms with E-state index in [0.717, 1.165) is 6.07 Å². The number of hydrogen-bond acceptors (Lipinski definition) is 23. The second-order valence-corrected chi connectivity index (χ2v) is 18.4. The Morgan fingerprint density at radius 2 is 0.762 bits per heavy atom. The highest BCUT2D eigenvalue weighted by Crippen LogP contribution is 2.34. The summed E-state index contributed by atoms with van der Waals surface area (Å²) in [4.78, 5) is 38.0. The molecule has 1 unspecified atom stereocenters. The summed E-state index contributed by atoms with van der Waals surface area (Å²) < 4.78 is 38.0. The summed E-state index contributed by atoms with van der Waals surface area (Å²) in [6.07, 6.45) is -10.6. The Morgan fingerprint density at radius 3 is 1.21 bits per heavy atom. The molecule has 9 aromatic rings. The van der Waals surface area contributed by atoms with E-state index in [1.165, 1.54) is 110 Å². The Balaban J connectivity index is 0.000000149. The number of ether oxygens (including phenoxy) is 4. The lowest BCUT2D eigenvalue weighted by molar-refractivity contribution is -0.277. The summed E-state index contributed by atoms with van der Waals surface area (Å²) in [6.45, 7) is -1.19. The van der Waals surface area contributed by atoms with Crippen LogP contribution in [0.3, 0.4) is 0 Å². The Morgan fingerprint density at radius 1 is 0.388 bits per heavy atom. The number of fused-ring (bicyclic) bond motifs is 3. The third kappa shape index (κ3) is 11.6. The van der Waals surface area contributed by atoms with E-state index in [-0.39, 0.29) is 67.5 Å². The predicted molar refractivity (Wildman–Crippen MR) is 281 cm³/mol. The van der Waals surface area contributed by atoms with Crippen LogP contribution in [0, 0.1) is 0 Å². The van der Waals surface area contributed by atoms with E-state index in [1.807, 2.05) is 0 Å². The first kappa shape index (κ1) is 55.9. The molecule has 10 atom stereocenters. The van der Waals surface area contributed by atoms with E-state index in [2.05, 4.69) is 0 Å². The van der Waals surface area contributed by atoms with Gasteiger partial charge in [-0.05, 0) is 77.4 Å². The number of aliphatic hydroxyl groups is 8. The van der Waals surface area contributed by atoms with Gasteiger partial charge in [-0.1, -0.05) is 36.4 Å². The van der Waals surface area contributed by atoms with Gasteiger partial charge in [0.25, 0.3) is 0 Å². The summed E-state index contributed by atoms with van der Waals surface area (Å²) in [5.74, 6) is -0.00810. The van der Waals surface area contributed by atoms with Crippen LogP contribution in [0.4, 0.5) is 0 Å². The molecule has 3 aromatic heterocycles. The Labute approximate surface area is 449 Å². The van der Waals surface area contributed by atoms with Crippen molar-refractivity contribution in [1.29, 1.82) is 0 Å². The van der Waals surface area contributed by atoms with Gasteiger partial charge < -0.3 is 98.6 Å². The first-order valence-corrected chi connectivity index (χ1v) is 24.2. The number of benzene rings is 6. The molecule has 0 saturated carbocycles. The van der Waals surface area contributed by atoms with Crippen molar-refractivity contribution in [3.8, 4) is 73.6 Å². The van der Waals surface area contributed by atoms with Crippen LogP contribution in [0.5, 0.6) is 40.2 Å². The Bertz CT molecular complexity index is 3820. The SMILES string of the molecule is O=c1c(-c2ccc(O)cc2)coc2cc(O)ccc12.O=c1c(-c2ccc(O)cc2)coc2cc(OC3O[C@H](CO)[C@@H](O)[C@H](O)[C@H]3O)ccc12.O=c1c(-c2ccc(O)cc2)coc2cc(O[C@@H]3O[C@H](CO)[C@@H](O)[C@H](O)[C@H]3O)cc(O)c12. The second kappa shape index (κ2) is 23.6. The average Bonchev–Trinajstić information content (AvgIpc) is 3.45. The lowest BCUT2D eigenvalue weighted by Crippen LogP contribution is -2.60. The van der Waals surface area contributed by atoms with E-state index >= 15 is 0 Å². The zero-order valence-electron chi connectivity index (χ0n) is 41.4. The standard InChI is InChI=1S/C21H20O10.C21H20O9.C15H10O4/c22-7-15-18(26)19(27)20(28)21(31-15)30-11-5-13(24)16-14(6-11)29-8-12(17(16)25)9-1-3-10(23)4-2-9;22-8-16-18(25)19(26)20(27)21(30-16)29-12-5-6-13-15(7-12)28-9-14(17(13)24)10-1-3-11(23)4-2-10;16-10-3-1-9(2-4-10)13-8-19-14-7-11(17)5-6-12(14)15(13)18/h1-6,8,15,18-24,26-28H,7H2;1-7,9,16,18-23,25-27H,8H2;1-8,16-17H/t15-,18-,19+,20-,21-;16-,18-,19+,20-,21?;/m11./s1. The van der Waals surface area contributed by atoms with Crippen molar-refractivity contribution < 1.29 is 98.6 Å². The van der Waals surface area contributed by atoms with Crippen LogP contribution in [0.1, 0.15) is 0 Å². The molecule has 0 radical (unpaired) electrons. The largest absolute Gasteiger partial charge is 0.508 e. The molecule has 23 nitrogen and oxygen atoms in total. The van der Waals surface area contributed by atoms with Crippen LogP contribution in [0.2, 0.25) is 0 Å². The zero-order valence-corrected chi connectivity index (χ0v) is 41.4. The fourth-order valence-corrected chi connectivity index (χ4v) is 8.69. The van der Waals surface area contributed by atoms with Crippen LogP contribution in [-0.2, 0) is 9.47 Å². The summed E-state index contributed by atoms with van der Waals surface area (Å²) in [6, 6.07) is 29.5. The van der Waals surface area contributed by atoms with Gasteiger partial charge >= 0.3 is 0 Å². The topological polar surface area (TPSA) is 391 Å². The summed E-state index contributed by atoms with van der Waals surface area (Å²) >= 11 is 0. The maximum atomic E-state index is 12.9. The first-order chi connectivity index (χ1) is 38.3. The molecule has 5 heterocycles. The molecule has 2 fully saturated rings. The van der Waals surface area contributed by atoms with Crippen molar-refractivity contribution in [3.05, 3.63) is 171 Å². The molecule has 0 spiro atoms. The molecule has 2 aliphatic rings. The molecule has 11 rings (SSSR count). The van der Waals surface area contributed by atoms with E-state index in [9.17, 15) is 80.8 Å². The molecule has 13 N–H and O–H groups in total. The molecule has 2 aliphatic heterocycles. The minimum absolute atomic E-state index is 0.00730. The molecule has 6 aromatic carbocycles. The molecule has 80 heavy (non-hydrogen) atoms. The van der Waals surface area contributed by atoms with E-state index in [0.29, 0.717) is 44.2 Å². The highest BCUT2D eigenvalue weighted by atomic mass is 16.7. The number of hydrogen-bond donors (Lipinski definition) is 13. The maximum Gasteiger partial charge on any atom is 0.229 e. The molecule has 0 amide bonds. The lowest BCUT2D eigenvalue weighted by atomic mass is 9.99. The number of phenols is 5. The van der Waals surface area contributed by atoms with Crippen molar-refractivity contribution in [2.24, 2.45) is 0 Å². The van der Waals surface area contributed by atoms with Crippen LogP contribution in [0.25, 0.3) is 66.3 Å². The van der Waals surface area contributed by atoms with Gasteiger partial charge in [0, 0.05) is 24.3 Å². The molecule has 416 valence electrons. The molecule has 0 aliphatic carbocycles. The minimum Gasteiger partial charge on any atom is -0.508 e. The molecular formula is C57H50O23. The second-order valence-electron chi connectivity index (χ2n) is 18.4. The fraction of sp³-hybridized carbons (Fsp3) is 0.211. The smallest absolute Gasteiger partial charge is 0.229 e. The van der Waals surface area contributed by atoms with E-state index in [1.54, 1.807) is 24.3 Å². The predicted octanol–water partition coefficient (Wildman–Crippen LogP) is 3.27. The normalized spacial score (nSPS) is 22.6. The van der Waals surface area contributed by atoms with Gasteiger partial charge in [-0.3, -0.25) is 14.4 Å². The van der Waals surface area contributed by atoms with Gasteiger partial charge in [0.05, 0.1) is 40.7 Å². The van der Waals surface area contributed by atoms with Gasteiger partial charge in [0.2, 0.25) is 18.0 Å². The first-order valence-electron chi connectivity index (χ1n) is 24.2. The summed E-state index contributed by atoms with van der Waals surface area (Å²) in [7, 11) is 0. The summed E-state index contributed by atoms with van der Waals surface area (Å²) in [5, 5.41) is 127. The Kier molecular flexibility index (Phi) is 16.5. The average molecular weight is 1100 g/mol. The molecule has 0 bridgehead atoms. The molecular weight excluding hydrogens is 1050 g/mol. The van der Waals surface area contributed by atoms with Gasteiger partial charge in [-0.25, -0.2) is 0 Å². The highest BCUT2D eigenvalue weighted by molar-refractivity contribution is 5.88. The highest BCUT2D eigenvalue weighted by Gasteiger charge is 2.46. The van der Waals surface area contributed by atoms with Crippen molar-refractivity contribution in [2.45, 2.75) is 61.4 Å². The van der Waals surface area contributed by atoms with Crippen molar-refractivity contribution in [1.82, 2.24) is 0 Å². The summed E-state index contributed by atoms with van der Waals surface area (Å²) in [5.41, 5.74) is 2.25. The zero-order chi connectivity index (χ0) is 57.1. The van der Waals surface area contributed by atoms with E-state index < -0.39 is 85.8 Å². The fourth-order valence-electron chi connectivity index (χ4n) is 8.69. The molecule has 2 saturated heterocycles. The van der Waals surface area contributed by atoms with Crippen molar-refractivity contribution in [2.75, 3.05) is 13.2 Å². The Hall–Kier alpha value is -8.85. The van der Waals surface area contributed by atoms with Gasteiger partial charge in [0.15, 0.2) is 10.9 Å². The van der Waals surface area contributed by atoms with Gasteiger partial charge in [0.1, 0.15) is 130 Å². The van der Waals surface area contributed by atoms with Crippen LogP contribution in [-0.4, -0.2) is 141 Å². The number of aliphatic hydroxyl groups excluding tert-OH is 8. The van der Waals surface area contributed by atoms with Crippen LogP contribution < -0.4 is 25.8 Å². The molecule has 23 heteroatoms. The number of rotatable bonds is 9. The minimum atomic E-state index is -1.64. The third-order valence-corrected chi connectivity index (χ3v) is 13.1. The quantitative estimate of drug-likeness (QED) is 0.0986. The number of aromatic hydroxyl groups is 5. The van der Waals surface area contributed by atoms with Crippen LogP contribution in [0.15, 0.2) is 168 Å². The van der Waals surface area contributed by atoms with Crippen molar-refractivity contribution in [3.63, 3.8) is 0 Å². The van der Waals surface area contributed by atoms with Gasteiger partial charge in [-0.2, -0.15) is 0 Å². The third-order valence-electron chi connectivity index (χ3n) is 13.1. The van der Waals surface area contributed by atoms with E-state index in [4.69, 9.17) is 32.2 Å². The monoisotopic (exact) mass is 1100 g/mol. The lowest BCUT2D eigenvalue weighted by Gasteiger charge is -2.39. The maximum absolute atomic E-state index is 12.9.